The third-order valence-corrected chi connectivity index (χ3v) is 6.60. The van der Waals surface area contributed by atoms with Gasteiger partial charge in [-0.05, 0) is 74.5 Å². The van der Waals surface area contributed by atoms with E-state index in [9.17, 15) is 13.2 Å². The summed E-state index contributed by atoms with van der Waals surface area (Å²) in [6.45, 7) is 4.09. The molecule has 0 unspecified atom stereocenters. The minimum Gasteiger partial charge on any atom is -0.494 e. The Hall–Kier alpha value is -3.23. The second-order valence-corrected chi connectivity index (χ2v) is 9.17. The van der Waals surface area contributed by atoms with Gasteiger partial charge in [-0.25, -0.2) is 8.42 Å². The lowest BCUT2D eigenvalue weighted by atomic mass is 10.3. The van der Waals surface area contributed by atoms with Crippen LogP contribution in [-0.4, -0.2) is 34.1 Å². The van der Waals surface area contributed by atoms with Crippen molar-refractivity contribution in [3.05, 3.63) is 77.8 Å². The zero-order chi connectivity index (χ0) is 23.8. The van der Waals surface area contributed by atoms with Crippen molar-refractivity contribution in [2.24, 2.45) is 0 Å². The number of sulfonamides is 1. The van der Waals surface area contributed by atoms with Crippen LogP contribution >= 0.6 is 11.6 Å². The topological polar surface area (TPSA) is 84.9 Å². The summed E-state index contributed by atoms with van der Waals surface area (Å²) >= 11 is 5.93. The van der Waals surface area contributed by atoms with Gasteiger partial charge >= 0.3 is 0 Å². The van der Waals surface area contributed by atoms with Gasteiger partial charge in [-0.15, -0.1) is 0 Å². The third-order valence-electron chi connectivity index (χ3n) is 4.57. The van der Waals surface area contributed by atoms with Gasteiger partial charge < -0.3 is 14.8 Å². The summed E-state index contributed by atoms with van der Waals surface area (Å²) in [6.07, 6.45) is 0. The maximum atomic E-state index is 13.5. The lowest BCUT2D eigenvalue weighted by Gasteiger charge is -2.26. The second kappa shape index (κ2) is 11.1. The lowest BCUT2D eigenvalue weighted by molar-refractivity contribution is -0.114. The van der Waals surface area contributed by atoms with E-state index in [1.54, 1.807) is 55.5 Å². The average molecular weight is 489 g/mol. The van der Waals surface area contributed by atoms with Crippen LogP contribution in [0.4, 0.5) is 11.4 Å². The Labute approximate surface area is 198 Å². The summed E-state index contributed by atoms with van der Waals surface area (Å²) in [4.78, 5) is 12.9. The molecular formula is C24H25ClN2O5S. The molecule has 3 rings (SSSR count). The molecule has 0 saturated carbocycles. The highest BCUT2D eigenvalue weighted by molar-refractivity contribution is 7.92. The molecule has 3 aromatic rings. The standard InChI is InChI=1S/C24H25ClN2O5S/c1-3-31-20-13-11-19(12-14-20)26-24(28)17-27(22-7-5-6-8-23(22)32-4-2)33(29,30)21-15-9-18(25)10-16-21/h5-16H,3-4,17H2,1-2H3,(H,26,28). The van der Waals surface area contributed by atoms with Crippen LogP contribution in [0, 0.1) is 0 Å². The maximum absolute atomic E-state index is 13.5. The molecule has 7 nitrogen and oxygen atoms in total. The second-order valence-electron chi connectivity index (χ2n) is 6.87. The Bertz CT molecular complexity index is 1180. The fraction of sp³-hybridized carbons (Fsp3) is 0.208. The molecule has 0 aliphatic rings. The lowest BCUT2D eigenvalue weighted by Crippen LogP contribution is -2.38. The summed E-state index contributed by atoms with van der Waals surface area (Å²) in [5.74, 6) is 0.516. The van der Waals surface area contributed by atoms with Gasteiger partial charge in [0.15, 0.2) is 0 Å². The summed E-state index contributed by atoms with van der Waals surface area (Å²) < 4.78 is 39.1. The van der Waals surface area contributed by atoms with Crippen LogP contribution in [0.1, 0.15) is 13.8 Å². The van der Waals surface area contributed by atoms with Gasteiger partial charge in [0.2, 0.25) is 5.91 Å². The molecule has 0 aliphatic heterocycles. The number of para-hydroxylation sites is 2. The first-order valence-corrected chi connectivity index (χ1v) is 12.2. The first kappa shape index (κ1) is 24.4. The van der Waals surface area contributed by atoms with Gasteiger partial charge in [-0.1, -0.05) is 23.7 Å². The fourth-order valence-electron chi connectivity index (χ4n) is 3.11. The predicted molar refractivity (Wildman–Crippen MR) is 130 cm³/mol. The average Bonchev–Trinajstić information content (AvgIpc) is 2.80. The summed E-state index contributed by atoms with van der Waals surface area (Å²) in [5.41, 5.74) is 0.779. The molecule has 33 heavy (non-hydrogen) atoms. The zero-order valence-corrected chi connectivity index (χ0v) is 19.9. The molecule has 0 heterocycles. The van der Waals surface area contributed by atoms with Crippen molar-refractivity contribution in [1.82, 2.24) is 0 Å². The highest BCUT2D eigenvalue weighted by Crippen LogP contribution is 2.33. The number of hydrogen-bond donors (Lipinski definition) is 1. The number of nitrogens with zero attached hydrogens (tertiary/aromatic N) is 1. The Kier molecular flexibility index (Phi) is 8.19. The Morgan fingerprint density at radius 3 is 2.18 bits per heavy atom. The molecule has 0 spiro atoms. The molecule has 0 aromatic heterocycles. The molecular weight excluding hydrogens is 464 g/mol. The minimum atomic E-state index is -4.10. The first-order valence-electron chi connectivity index (χ1n) is 10.4. The van der Waals surface area contributed by atoms with Crippen LogP contribution in [0.3, 0.4) is 0 Å². The minimum absolute atomic E-state index is 0.00655. The van der Waals surface area contributed by atoms with Crippen molar-refractivity contribution in [1.29, 1.82) is 0 Å². The van der Waals surface area contributed by atoms with Gasteiger partial charge in [-0.2, -0.15) is 0 Å². The van der Waals surface area contributed by atoms with E-state index in [0.717, 1.165) is 4.31 Å². The zero-order valence-electron chi connectivity index (χ0n) is 18.3. The van der Waals surface area contributed by atoms with Crippen LogP contribution in [0.25, 0.3) is 0 Å². The van der Waals surface area contributed by atoms with E-state index in [-0.39, 0.29) is 10.6 Å². The van der Waals surface area contributed by atoms with Crippen molar-refractivity contribution in [2.45, 2.75) is 18.7 Å². The van der Waals surface area contributed by atoms with Crippen molar-refractivity contribution in [3.63, 3.8) is 0 Å². The number of hydrogen-bond acceptors (Lipinski definition) is 5. The predicted octanol–water partition coefficient (Wildman–Crippen LogP) is 4.97. The van der Waals surface area contributed by atoms with Crippen molar-refractivity contribution in [3.8, 4) is 11.5 Å². The number of ether oxygens (including phenoxy) is 2. The van der Waals surface area contributed by atoms with Crippen LogP contribution < -0.4 is 19.1 Å². The van der Waals surface area contributed by atoms with E-state index < -0.39 is 22.5 Å². The number of benzene rings is 3. The van der Waals surface area contributed by atoms with Crippen molar-refractivity contribution in [2.75, 3.05) is 29.4 Å². The smallest absolute Gasteiger partial charge is 0.264 e. The van der Waals surface area contributed by atoms with E-state index >= 15 is 0 Å². The van der Waals surface area contributed by atoms with Crippen molar-refractivity contribution >= 4 is 38.9 Å². The van der Waals surface area contributed by atoms with Crippen LogP contribution in [0.5, 0.6) is 11.5 Å². The highest BCUT2D eigenvalue weighted by atomic mass is 35.5. The Morgan fingerprint density at radius 1 is 0.909 bits per heavy atom. The van der Waals surface area contributed by atoms with Crippen LogP contribution in [0.2, 0.25) is 5.02 Å². The molecule has 0 fully saturated rings. The molecule has 3 aromatic carbocycles. The third kappa shape index (κ3) is 6.18. The van der Waals surface area contributed by atoms with Crippen molar-refractivity contribution < 1.29 is 22.7 Å². The number of amides is 1. The molecule has 174 valence electrons. The van der Waals surface area contributed by atoms with Crippen LogP contribution in [-0.2, 0) is 14.8 Å². The molecule has 0 radical (unpaired) electrons. The highest BCUT2D eigenvalue weighted by Gasteiger charge is 2.29. The fourth-order valence-corrected chi connectivity index (χ4v) is 4.66. The van der Waals surface area contributed by atoms with E-state index in [4.69, 9.17) is 21.1 Å². The number of carbonyl (C=O) groups excluding carboxylic acids is 1. The number of halogens is 1. The van der Waals surface area contributed by atoms with Gasteiger partial charge in [0.1, 0.15) is 18.0 Å². The van der Waals surface area contributed by atoms with Gasteiger partial charge in [0.05, 0.1) is 23.8 Å². The van der Waals surface area contributed by atoms with E-state index in [1.165, 1.54) is 24.3 Å². The molecule has 9 heteroatoms. The number of carbonyl (C=O) groups is 1. The van der Waals surface area contributed by atoms with E-state index in [1.807, 2.05) is 6.92 Å². The Balaban J connectivity index is 1.93. The monoisotopic (exact) mass is 488 g/mol. The molecule has 1 amide bonds. The molecule has 0 aliphatic carbocycles. The molecule has 0 bridgehead atoms. The van der Waals surface area contributed by atoms with E-state index in [0.29, 0.717) is 35.4 Å². The summed E-state index contributed by atoms with van der Waals surface area (Å²) in [5, 5.41) is 3.14. The van der Waals surface area contributed by atoms with E-state index in [2.05, 4.69) is 5.32 Å². The largest absolute Gasteiger partial charge is 0.494 e. The Morgan fingerprint density at radius 2 is 1.55 bits per heavy atom. The quantitative estimate of drug-likeness (QED) is 0.435. The number of rotatable bonds is 10. The molecule has 0 atom stereocenters. The number of anilines is 2. The first-order chi connectivity index (χ1) is 15.8. The van der Waals surface area contributed by atoms with Gasteiger partial charge in [0, 0.05) is 10.7 Å². The van der Waals surface area contributed by atoms with Gasteiger partial charge in [-0.3, -0.25) is 9.10 Å². The summed E-state index contributed by atoms with van der Waals surface area (Å²) in [7, 11) is -4.10. The SMILES string of the molecule is CCOc1ccc(NC(=O)CN(c2ccccc2OCC)S(=O)(=O)c2ccc(Cl)cc2)cc1. The normalized spacial score (nSPS) is 11.0. The molecule has 1 N–H and O–H groups in total. The summed E-state index contributed by atoms with van der Waals surface area (Å²) in [6, 6.07) is 19.3. The molecule has 0 saturated heterocycles. The number of nitrogens with one attached hydrogen (secondary N) is 1. The maximum Gasteiger partial charge on any atom is 0.264 e. The van der Waals surface area contributed by atoms with Gasteiger partial charge in [0.25, 0.3) is 10.0 Å². The van der Waals surface area contributed by atoms with Crippen LogP contribution in [0.15, 0.2) is 77.7 Å².